The largest absolute Gasteiger partial charge is 0.497 e. The molecule has 1 aliphatic rings. The molecule has 1 unspecified atom stereocenters. The minimum absolute atomic E-state index is 0.0903. The summed E-state index contributed by atoms with van der Waals surface area (Å²) in [6, 6.07) is 14.9. The molecule has 1 N–H and O–H groups in total. The van der Waals surface area contributed by atoms with E-state index in [2.05, 4.69) is 10.3 Å². The van der Waals surface area contributed by atoms with Crippen LogP contribution in [0.1, 0.15) is 18.9 Å². The minimum atomic E-state index is -0.473. The van der Waals surface area contributed by atoms with Crippen molar-refractivity contribution in [3.63, 3.8) is 0 Å². The third-order valence-corrected chi connectivity index (χ3v) is 6.03. The van der Waals surface area contributed by atoms with Crippen molar-refractivity contribution >= 4 is 46.0 Å². The van der Waals surface area contributed by atoms with E-state index in [4.69, 9.17) is 16.3 Å². The second kappa shape index (κ2) is 10.5. The maximum absolute atomic E-state index is 13.0. The lowest BCUT2D eigenvalue weighted by Crippen LogP contribution is -2.36. The van der Waals surface area contributed by atoms with Gasteiger partial charge in [-0.15, -0.1) is 0 Å². The molecule has 8 heteroatoms. The fourth-order valence-electron chi connectivity index (χ4n) is 3.03. The molecule has 158 valence electrons. The Labute approximate surface area is 185 Å². The Kier molecular flexibility index (Phi) is 7.76. The molecular weight excluding hydrogens is 422 g/mol. The van der Waals surface area contributed by atoms with Gasteiger partial charge in [-0.25, -0.2) is 4.99 Å². The van der Waals surface area contributed by atoms with Gasteiger partial charge in [0.2, 0.25) is 11.8 Å². The quantitative estimate of drug-likeness (QED) is 0.665. The number of aliphatic imine (C=N–C) groups is 1. The topological polar surface area (TPSA) is 71.0 Å². The predicted molar refractivity (Wildman–Crippen MR) is 122 cm³/mol. The highest BCUT2D eigenvalue weighted by Gasteiger charge is 2.38. The van der Waals surface area contributed by atoms with Gasteiger partial charge in [-0.1, -0.05) is 35.5 Å². The fraction of sp³-hybridized carbons (Fsp3) is 0.318. The van der Waals surface area contributed by atoms with Gasteiger partial charge in [0, 0.05) is 24.5 Å². The number of ether oxygens (including phenoxy) is 1. The maximum atomic E-state index is 13.0. The number of rotatable bonds is 8. The Morgan fingerprint density at radius 3 is 2.53 bits per heavy atom. The average Bonchev–Trinajstić information content (AvgIpc) is 3.02. The second-order valence-electron chi connectivity index (χ2n) is 6.72. The summed E-state index contributed by atoms with van der Waals surface area (Å²) in [6.07, 6.45) is 0.801. The monoisotopic (exact) mass is 445 g/mol. The van der Waals surface area contributed by atoms with Crippen LogP contribution in [-0.4, -0.2) is 47.3 Å². The first-order chi connectivity index (χ1) is 14.5. The number of amidine groups is 1. The van der Waals surface area contributed by atoms with Crippen molar-refractivity contribution in [1.29, 1.82) is 0 Å². The van der Waals surface area contributed by atoms with E-state index in [1.807, 2.05) is 55.5 Å². The molecule has 0 spiro atoms. The molecule has 3 rings (SSSR count). The van der Waals surface area contributed by atoms with Crippen molar-refractivity contribution in [2.24, 2.45) is 4.99 Å². The number of carbonyl (C=O) groups excluding carboxylic acids is 2. The van der Waals surface area contributed by atoms with E-state index < -0.39 is 5.25 Å². The van der Waals surface area contributed by atoms with Crippen LogP contribution in [0.2, 0.25) is 5.02 Å². The zero-order valence-corrected chi connectivity index (χ0v) is 18.5. The second-order valence-corrected chi connectivity index (χ2v) is 8.33. The summed E-state index contributed by atoms with van der Waals surface area (Å²) in [4.78, 5) is 31.4. The molecule has 1 aliphatic heterocycles. The molecule has 1 fully saturated rings. The van der Waals surface area contributed by atoms with Crippen molar-refractivity contribution in [2.75, 3.05) is 20.2 Å². The first-order valence-electron chi connectivity index (χ1n) is 9.72. The highest BCUT2D eigenvalue weighted by Crippen LogP contribution is 2.32. The van der Waals surface area contributed by atoms with E-state index >= 15 is 0 Å². The molecule has 2 amide bonds. The molecule has 1 saturated heterocycles. The first-order valence-corrected chi connectivity index (χ1v) is 11.0. The van der Waals surface area contributed by atoms with E-state index in [1.54, 1.807) is 12.0 Å². The van der Waals surface area contributed by atoms with Gasteiger partial charge in [0.05, 0.1) is 12.8 Å². The van der Waals surface area contributed by atoms with Crippen molar-refractivity contribution in [3.8, 4) is 5.75 Å². The number of amides is 2. The van der Waals surface area contributed by atoms with Crippen LogP contribution in [-0.2, 0) is 16.0 Å². The lowest BCUT2D eigenvalue weighted by atomic mass is 10.1. The Bertz CT molecular complexity index is 916. The van der Waals surface area contributed by atoms with E-state index in [1.165, 1.54) is 11.8 Å². The van der Waals surface area contributed by atoms with Crippen LogP contribution in [0.5, 0.6) is 5.75 Å². The Hall–Kier alpha value is -2.51. The van der Waals surface area contributed by atoms with Gasteiger partial charge < -0.3 is 10.1 Å². The first kappa shape index (κ1) is 22.2. The molecule has 0 aliphatic carbocycles. The minimum Gasteiger partial charge on any atom is -0.497 e. The van der Waals surface area contributed by atoms with Gasteiger partial charge in [-0.05, 0) is 55.3 Å². The summed E-state index contributed by atoms with van der Waals surface area (Å²) in [5.41, 5.74) is 1.80. The highest BCUT2D eigenvalue weighted by atomic mass is 35.5. The van der Waals surface area contributed by atoms with Gasteiger partial charge >= 0.3 is 0 Å². The standard InChI is InChI=1S/C22H24ClN3O3S/c1-3-24-20(27)14-19-21(28)26(13-12-15-4-6-16(23)7-5-15)22(30-19)25-17-8-10-18(29-2)11-9-17/h4-11,19H,3,12-14H2,1-2H3,(H,24,27). The highest BCUT2D eigenvalue weighted by molar-refractivity contribution is 8.15. The Morgan fingerprint density at radius 2 is 1.90 bits per heavy atom. The van der Waals surface area contributed by atoms with Gasteiger partial charge in [0.1, 0.15) is 11.0 Å². The number of nitrogens with zero attached hydrogens (tertiary/aromatic N) is 2. The van der Waals surface area contributed by atoms with E-state index in [-0.39, 0.29) is 18.2 Å². The van der Waals surface area contributed by atoms with Gasteiger partial charge in [-0.3, -0.25) is 14.5 Å². The number of carbonyl (C=O) groups is 2. The van der Waals surface area contributed by atoms with Gasteiger partial charge in [-0.2, -0.15) is 0 Å². The number of benzene rings is 2. The molecule has 0 bridgehead atoms. The number of halogens is 1. The van der Waals surface area contributed by atoms with Crippen LogP contribution in [0.25, 0.3) is 0 Å². The van der Waals surface area contributed by atoms with Crippen molar-refractivity contribution in [2.45, 2.75) is 25.0 Å². The summed E-state index contributed by atoms with van der Waals surface area (Å²) in [5, 5.41) is 3.57. The van der Waals surface area contributed by atoms with E-state index in [0.29, 0.717) is 29.7 Å². The number of hydrogen-bond acceptors (Lipinski definition) is 5. The molecular formula is C22H24ClN3O3S. The van der Waals surface area contributed by atoms with E-state index in [0.717, 1.165) is 17.0 Å². The summed E-state index contributed by atoms with van der Waals surface area (Å²) in [7, 11) is 1.61. The van der Waals surface area contributed by atoms with Crippen LogP contribution in [0.3, 0.4) is 0 Å². The lowest BCUT2D eigenvalue weighted by Gasteiger charge is -2.16. The number of thioether (sulfide) groups is 1. The average molecular weight is 446 g/mol. The molecule has 1 heterocycles. The zero-order valence-electron chi connectivity index (χ0n) is 16.9. The molecule has 6 nitrogen and oxygen atoms in total. The molecule has 2 aromatic carbocycles. The zero-order chi connectivity index (χ0) is 21.5. The summed E-state index contributed by atoms with van der Waals surface area (Å²) in [5.74, 6) is 0.516. The lowest BCUT2D eigenvalue weighted by molar-refractivity contribution is -0.129. The molecule has 0 radical (unpaired) electrons. The van der Waals surface area contributed by atoms with Gasteiger partial charge in [0.25, 0.3) is 0 Å². The molecule has 0 aromatic heterocycles. The Balaban J connectivity index is 1.79. The van der Waals surface area contributed by atoms with Crippen molar-refractivity contribution in [3.05, 3.63) is 59.1 Å². The Morgan fingerprint density at radius 1 is 1.20 bits per heavy atom. The van der Waals surface area contributed by atoms with Crippen LogP contribution in [0.4, 0.5) is 5.69 Å². The number of nitrogens with one attached hydrogen (secondary N) is 1. The van der Waals surface area contributed by atoms with Crippen molar-refractivity contribution in [1.82, 2.24) is 10.2 Å². The smallest absolute Gasteiger partial charge is 0.242 e. The third-order valence-electron chi connectivity index (χ3n) is 4.60. The van der Waals surface area contributed by atoms with Crippen molar-refractivity contribution < 1.29 is 14.3 Å². The predicted octanol–water partition coefficient (Wildman–Crippen LogP) is 4.05. The van der Waals surface area contributed by atoms with Gasteiger partial charge in [0.15, 0.2) is 5.17 Å². The molecule has 0 saturated carbocycles. The van der Waals surface area contributed by atoms with Crippen LogP contribution in [0.15, 0.2) is 53.5 Å². The maximum Gasteiger partial charge on any atom is 0.242 e. The van der Waals surface area contributed by atoms with Crippen LogP contribution >= 0.6 is 23.4 Å². The third kappa shape index (κ3) is 5.77. The molecule has 1 atom stereocenters. The van der Waals surface area contributed by atoms with E-state index in [9.17, 15) is 9.59 Å². The molecule has 30 heavy (non-hydrogen) atoms. The number of methoxy groups -OCH3 is 1. The molecule has 2 aromatic rings. The fourth-order valence-corrected chi connectivity index (χ4v) is 4.34. The summed E-state index contributed by atoms with van der Waals surface area (Å²) >= 11 is 7.29. The summed E-state index contributed by atoms with van der Waals surface area (Å²) in [6.45, 7) is 2.88. The summed E-state index contributed by atoms with van der Waals surface area (Å²) < 4.78 is 5.19. The SMILES string of the molecule is CCNC(=O)CC1SC(=Nc2ccc(OC)cc2)N(CCc2ccc(Cl)cc2)C1=O. The normalized spacial score (nSPS) is 17.4. The van der Waals surface area contributed by atoms with Crippen LogP contribution in [0, 0.1) is 0 Å². The van der Waals surface area contributed by atoms with Crippen LogP contribution < -0.4 is 10.1 Å². The number of hydrogen-bond donors (Lipinski definition) is 1.